The summed E-state index contributed by atoms with van der Waals surface area (Å²) in [5, 5.41) is 0. The van der Waals surface area contributed by atoms with Crippen molar-refractivity contribution in [3.63, 3.8) is 0 Å². The lowest BCUT2D eigenvalue weighted by Crippen LogP contribution is -2.34. The minimum absolute atomic E-state index is 0.137. The molecule has 1 saturated carbocycles. The van der Waals surface area contributed by atoms with Gasteiger partial charge in [-0.3, -0.25) is 0 Å². The fourth-order valence-corrected chi connectivity index (χ4v) is 4.11. The molecule has 1 fully saturated rings. The number of unbranched alkanes of at least 4 members (excludes halogenated alkanes) is 1. The number of nitrogens with zero attached hydrogens (tertiary/aromatic N) is 1. The van der Waals surface area contributed by atoms with Crippen molar-refractivity contribution in [2.24, 2.45) is 0 Å². The van der Waals surface area contributed by atoms with E-state index >= 15 is 0 Å². The Kier molecular flexibility index (Phi) is 4.55. The van der Waals surface area contributed by atoms with Gasteiger partial charge >= 0.3 is 0 Å². The molecular formula is C14H22N2O3S. The highest BCUT2D eigenvalue weighted by atomic mass is 32.2. The normalized spacial score (nSPS) is 15.6. The summed E-state index contributed by atoms with van der Waals surface area (Å²) in [5.41, 5.74) is 6.16. The Balaban J connectivity index is 2.39. The van der Waals surface area contributed by atoms with Crippen LogP contribution in [0.15, 0.2) is 23.1 Å². The molecule has 1 aliphatic carbocycles. The first-order valence-electron chi connectivity index (χ1n) is 6.96. The number of hydrogen-bond donors (Lipinski definition) is 1. The second-order valence-corrected chi connectivity index (χ2v) is 6.97. The third-order valence-electron chi connectivity index (χ3n) is 3.46. The number of rotatable bonds is 7. The number of hydrogen-bond acceptors (Lipinski definition) is 4. The number of anilines is 1. The van der Waals surface area contributed by atoms with E-state index in [9.17, 15) is 8.42 Å². The summed E-state index contributed by atoms with van der Waals surface area (Å²) in [6, 6.07) is 4.87. The SMILES string of the molecule is CCCCN(C1CC1)S(=O)(=O)c1cc(N)ccc1OC. The Labute approximate surface area is 120 Å². The Hall–Kier alpha value is -1.27. The summed E-state index contributed by atoms with van der Waals surface area (Å²) in [6.45, 7) is 2.61. The Morgan fingerprint density at radius 2 is 2.10 bits per heavy atom. The number of nitrogen functional groups attached to an aromatic ring is 1. The smallest absolute Gasteiger partial charge is 0.247 e. The lowest BCUT2D eigenvalue weighted by molar-refractivity contribution is 0.380. The summed E-state index contributed by atoms with van der Waals surface area (Å²) in [6.07, 6.45) is 3.70. The van der Waals surface area contributed by atoms with E-state index in [0.29, 0.717) is 18.0 Å². The maximum Gasteiger partial charge on any atom is 0.247 e. The molecule has 0 bridgehead atoms. The van der Waals surface area contributed by atoms with Crippen molar-refractivity contribution in [1.29, 1.82) is 0 Å². The molecule has 0 aliphatic heterocycles. The zero-order valence-electron chi connectivity index (χ0n) is 12.0. The molecule has 1 aliphatic rings. The van der Waals surface area contributed by atoms with Crippen LogP contribution >= 0.6 is 0 Å². The zero-order valence-corrected chi connectivity index (χ0v) is 12.8. The van der Waals surface area contributed by atoms with Gasteiger partial charge in [-0.1, -0.05) is 13.3 Å². The molecule has 0 amide bonds. The first kappa shape index (κ1) is 15.1. The minimum atomic E-state index is -3.55. The Morgan fingerprint density at radius 1 is 1.40 bits per heavy atom. The van der Waals surface area contributed by atoms with E-state index < -0.39 is 10.0 Å². The predicted molar refractivity (Wildman–Crippen MR) is 79.2 cm³/mol. The third kappa shape index (κ3) is 3.07. The monoisotopic (exact) mass is 298 g/mol. The van der Waals surface area contributed by atoms with Gasteiger partial charge in [-0.05, 0) is 37.5 Å². The molecule has 5 nitrogen and oxygen atoms in total. The lowest BCUT2D eigenvalue weighted by atomic mass is 10.3. The molecule has 2 N–H and O–H groups in total. The van der Waals surface area contributed by atoms with Gasteiger partial charge in [0, 0.05) is 18.3 Å². The summed E-state index contributed by atoms with van der Waals surface area (Å²) in [5.74, 6) is 0.348. The van der Waals surface area contributed by atoms with E-state index in [4.69, 9.17) is 10.5 Å². The molecular weight excluding hydrogens is 276 g/mol. The molecule has 1 aromatic rings. The topological polar surface area (TPSA) is 72.6 Å². The van der Waals surface area contributed by atoms with Gasteiger partial charge in [0.2, 0.25) is 10.0 Å². The van der Waals surface area contributed by atoms with Crippen molar-refractivity contribution in [1.82, 2.24) is 4.31 Å². The molecule has 0 atom stereocenters. The summed E-state index contributed by atoms with van der Waals surface area (Å²) in [7, 11) is -2.08. The first-order chi connectivity index (χ1) is 9.50. The van der Waals surface area contributed by atoms with Crippen LogP contribution in [-0.2, 0) is 10.0 Å². The first-order valence-corrected chi connectivity index (χ1v) is 8.40. The molecule has 20 heavy (non-hydrogen) atoms. The quantitative estimate of drug-likeness (QED) is 0.783. The van der Waals surface area contributed by atoms with Crippen LogP contribution in [0.1, 0.15) is 32.6 Å². The summed E-state index contributed by atoms with van der Waals surface area (Å²) in [4.78, 5) is 0.169. The molecule has 0 spiro atoms. The van der Waals surface area contributed by atoms with Crippen LogP contribution in [0.4, 0.5) is 5.69 Å². The van der Waals surface area contributed by atoms with Crippen molar-refractivity contribution < 1.29 is 13.2 Å². The van der Waals surface area contributed by atoms with Crippen molar-refractivity contribution in [2.75, 3.05) is 19.4 Å². The van der Waals surface area contributed by atoms with Crippen LogP contribution in [-0.4, -0.2) is 32.4 Å². The second-order valence-electron chi connectivity index (χ2n) is 5.11. The van der Waals surface area contributed by atoms with Crippen LogP contribution in [0, 0.1) is 0 Å². The van der Waals surface area contributed by atoms with Crippen LogP contribution in [0.5, 0.6) is 5.75 Å². The molecule has 0 aromatic heterocycles. The molecule has 2 rings (SSSR count). The molecule has 0 unspecified atom stereocenters. The average molecular weight is 298 g/mol. The van der Waals surface area contributed by atoms with Crippen LogP contribution in [0.3, 0.4) is 0 Å². The molecule has 0 radical (unpaired) electrons. The van der Waals surface area contributed by atoms with Gasteiger partial charge in [-0.25, -0.2) is 8.42 Å². The van der Waals surface area contributed by atoms with Crippen molar-refractivity contribution in [3.05, 3.63) is 18.2 Å². The van der Waals surface area contributed by atoms with Gasteiger partial charge in [0.1, 0.15) is 10.6 Å². The lowest BCUT2D eigenvalue weighted by Gasteiger charge is -2.23. The fraction of sp³-hybridized carbons (Fsp3) is 0.571. The van der Waals surface area contributed by atoms with E-state index in [2.05, 4.69) is 6.92 Å². The molecule has 0 heterocycles. The Morgan fingerprint density at radius 3 is 2.65 bits per heavy atom. The van der Waals surface area contributed by atoms with E-state index in [1.807, 2.05) is 0 Å². The highest BCUT2D eigenvalue weighted by Gasteiger charge is 2.38. The maximum atomic E-state index is 12.8. The average Bonchev–Trinajstić information content (AvgIpc) is 3.23. The Bertz CT molecular complexity index is 568. The fourth-order valence-electron chi connectivity index (χ4n) is 2.20. The molecule has 112 valence electrons. The van der Waals surface area contributed by atoms with Gasteiger partial charge in [0.25, 0.3) is 0 Å². The molecule has 6 heteroatoms. The summed E-state index contributed by atoms with van der Waals surface area (Å²) < 4.78 is 32.5. The van der Waals surface area contributed by atoms with E-state index in [1.54, 1.807) is 16.4 Å². The van der Waals surface area contributed by atoms with Gasteiger partial charge in [-0.2, -0.15) is 4.31 Å². The standard InChI is InChI=1S/C14H22N2O3S/c1-3-4-9-16(12-6-7-12)20(17,18)14-10-11(15)5-8-13(14)19-2/h5,8,10,12H,3-4,6-7,9,15H2,1-2H3. The number of methoxy groups -OCH3 is 1. The summed E-state index contributed by atoms with van der Waals surface area (Å²) >= 11 is 0. The van der Waals surface area contributed by atoms with E-state index in [1.165, 1.54) is 13.2 Å². The van der Waals surface area contributed by atoms with Gasteiger partial charge in [0.15, 0.2) is 0 Å². The number of nitrogens with two attached hydrogens (primary N) is 1. The second kappa shape index (κ2) is 6.01. The van der Waals surface area contributed by atoms with Crippen LogP contribution < -0.4 is 10.5 Å². The largest absolute Gasteiger partial charge is 0.495 e. The number of benzene rings is 1. The highest BCUT2D eigenvalue weighted by molar-refractivity contribution is 7.89. The van der Waals surface area contributed by atoms with Gasteiger partial charge in [-0.15, -0.1) is 0 Å². The predicted octanol–water partition coefficient (Wildman–Crippen LogP) is 2.23. The van der Waals surface area contributed by atoms with Crippen molar-refractivity contribution in [3.8, 4) is 5.75 Å². The third-order valence-corrected chi connectivity index (χ3v) is 5.43. The van der Waals surface area contributed by atoms with E-state index in [-0.39, 0.29) is 10.9 Å². The highest BCUT2D eigenvalue weighted by Crippen LogP contribution is 2.36. The molecule has 1 aromatic carbocycles. The van der Waals surface area contributed by atoms with Gasteiger partial charge in [0.05, 0.1) is 7.11 Å². The minimum Gasteiger partial charge on any atom is -0.495 e. The zero-order chi connectivity index (χ0) is 14.8. The van der Waals surface area contributed by atoms with Crippen molar-refractivity contribution >= 4 is 15.7 Å². The van der Waals surface area contributed by atoms with Crippen LogP contribution in [0.25, 0.3) is 0 Å². The van der Waals surface area contributed by atoms with E-state index in [0.717, 1.165) is 25.7 Å². The molecule has 0 saturated heterocycles. The number of ether oxygens (including phenoxy) is 1. The van der Waals surface area contributed by atoms with Crippen molar-refractivity contribution in [2.45, 2.75) is 43.5 Å². The van der Waals surface area contributed by atoms with Crippen LogP contribution in [0.2, 0.25) is 0 Å². The maximum absolute atomic E-state index is 12.8. The number of sulfonamides is 1. The van der Waals surface area contributed by atoms with Gasteiger partial charge < -0.3 is 10.5 Å².